The number of Topliss-reactive ketones (excluding diaryl/α,β-unsaturated/α-hetero) is 1. The molecule has 3 unspecified atom stereocenters. The first-order valence-corrected chi connectivity index (χ1v) is 6.79. The van der Waals surface area contributed by atoms with Crippen LogP contribution in [-0.2, 0) is 14.3 Å². The van der Waals surface area contributed by atoms with Crippen LogP contribution in [0.3, 0.4) is 0 Å². The number of carbonyl (C=O) groups is 1. The SMILES string of the molecule is CC(C)C(C)C(=O)C1CCOC2(CCOC2)C1. The maximum atomic E-state index is 12.4. The number of rotatable bonds is 3. The van der Waals surface area contributed by atoms with E-state index in [-0.39, 0.29) is 17.4 Å². The minimum absolute atomic E-state index is 0.144. The predicted molar refractivity (Wildman–Crippen MR) is 65.9 cm³/mol. The lowest BCUT2D eigenvalue weighted by Gasteiger charge is -2.37. The summed E-state index contributed by atoms with van der Waals surface area (Å²) in [6.45, 7) is 8.46. The number of carbonyl (C=O) groups excluding carboxylic acids is 1. The van der Waals surface area contributed by atoms with Crippen LogP contribution in [0, 0.1) is 17.8 Å². The van der Waals surface area contributed by atoms with E-state index in [1.165, 1.54) is 0 Å². The van der Waals surface area contributed by atoms with Gasteiger partial charge in [0.25, 0.3) is 0 Å². The van der Waals surface area contributed by atoms with Crippen LogP contribution in [0.25, 0.3) is 0 Å². The van der Waals surface area contributed by atoms with Gasteiger partial charge in [-0.25, -0.2) is 0 Å². The monoisotopic (exact) mass is 240 g/mol. The van der Waals surface area contributed by atoms with Crippen LogP contribution in [0.4, 0.5) is 0 Å². The zero-order valence-corrected chi connectivity index (χ0v) is 11.2. The predicted octanol–water partition coefficient (Wildman–Crippen LogP) is 2.43. The van der Waals surface area contributed by atoms with E-state index in [0.717, 1.165) is 25.9 Å². The largest absolute Gasteiger partial charge is 0.378 e. The molecule has 0 N–H and O–H groups in total. The van der Waals surface area contributed by atoms with Gasteiger partial charge in [-0.3, -0.25) is 4.79 Å². The molecule has 3 atom stereocenters. The Bertz CT molecular complexity index is 279. The average molecular weight is 240 g/mol. The molecule has 3 nitrogen and oxygen atoms in total. The minimum atomic E-state index is -0.144. The third kappa shape index (κ3) is 2.71. The topological polar surface area (TPSA) is 35.5 Å². The van der Waals surface area contributed by atoms with Crippen LogP contribution in [-0.4, -0.2) is 31.2 Å². The fourth-order valence-corrected chi connectivity index (χ4v) is 2.83. The smallest absolute Gasteiger partial charge is 0.139 e. The Morgan fingerprint density at radius 1 is 1.29 bits per heavy atom. The van der Waals surface area contributed by atoms with Gasteiger partial charge in [0, 0.05) is 31.5 Å². The van der Waals surface area contributed by atoms with Gasteiger partial charge in [0.05, 0.1) is 12.2 Å². The molecule has 0 aliphatic carbocycles. The van der Waals surface area contributed by atoms with Crippen molar-refractivity contribution in [1.82, 2.24) is 0 Å². The Hall–Kier alpha value is -0.410. The first-order valence-electron chi connectivity index (χ1n) is 6.79. The average Bonchev–Trinajstić information content (AvgIpc) is 2.75. The summed E-state index contributed by atoms with van der Waals surface area (Å²) in [6, 6.07) is 0. The van der Waals surface area contributed by atoms with Crippen molar-refractivity contribution in [3.8, 4) is 0 Å². The zero-order valence-electron chi connectivity index (χ0n) is 11.2. The third-order valence-corrected chi connectivity index (χ3v) is 4.41. The lowest BCUT2D eigenvalue weighted by atomic mass is 9.77. The molecule has 2 fully saturated rings. The van der Waals surface area contributed by atoms with Gasteiger partial charge < -0.3 is 9.47 Å². The molecule has 2 heterocycles. The Kier molecular flexibility index (Phi) is 3.88. The number of ketones is 1. The van der Waals surface area contributed by atoms with E-state index in [4.69, 9.17) is 9.47 Å². The number of ether oxygens (including phenoxy) is 2. The Morgan fingerprint density at radius 2 is 2.06 bits per heavy atom. The molecular formula is C14H24O3. The van der Waals surface area contributed by atoms with Gasteiger partial charge in [-0.1, -0.05) is 20.8 Å². The van der Waals surface area contributed by atoms with Crippen molar-refractivity contribution in [2.24, 2.45) is 17.8 Å². The maximum absolute atomic E-state index is 12.4. The summed E-state index contributed by atoms with van der Waals surface area (Å²) in [5, 5.41) is 0. The summed E-state index contributed by atoms with van der Waals surface area (Å²) >= 11 is 0. The van der Waals surface area contributed by atoms with Gasteiger partial charge in [0.2, 0.25) is 0 Å². The quantitative estimate of drug-likeness (QED) is 0.760. The molecule has 2 aliphatic rings. The van der Waals surface area contributed by atoms with Crippen molar-refractivity contribution < 1.29 is 14.3 Å². The van der Waals surface area contributed by atoms with E-state index >= 15 is 0 Å². The summed E-state index contributed by atoms with van der Waals surface area (Å²) < 4.78 is 11.3. The molecule has 0 bridgehead atoms. The van der Waals surface area contributed by atoms with Crippen LogP contribution in [0.2, 0.25) is 0 Å². The summed E-state index contributed by atoms with van der Waals surface area (Å²) in [4.78, 5) is 12.4. The Balaban J connectivity index is 1.99. The van der Waals surface area contributed by atoms with Gasteiger partial charge in [-0.2, -0.15) is 0 Å². The van der Waals surface area contributed by atoms with Crippen LogP contribution in [0.15, 0.2) is 0 Å². The molecule has 2 rings (SSSR count). The van der Waals surface area contributed by atoms with Gasteiger partial charge in [-0.05, 0) is 18.8 Å². The molecule has 0 radical (unpaired) electrons. The second-order valence-electron chi connectivity index (χ2n) is 5.96. The fraction of sp³-hybridized carbons (Fsp3) is 0.929. The molecular weight excluding hydrogens is 216 g/mol. The van der Waals surface area contributed by atoms with E-state index in [1.807, 2.05) is 0 Å². The van der Waals surface area contributed by atoms with E-state index in [0.29, 0.717) is 24.9 Å². The normalized spacial score (nSPS) is 35.4. The van der Waals surface area contributed by atoms with Gasteiger partial charge in [-0.15, -0.1) is 0 Å². The molecule has 2 saturated heterocycles. The molecule has 0 amide bonds. The molecule has 3 heteroatoms. The molecule has 98 valence electrons. The Morgan fingerprint density at radius 3 is 2.65 bits per heavy atom. The highest BCUT2D eigenvalue weighted by Crippen LogP contribution is 2.37. The molecule has 1 spiro atoms. The van der Waals surface area contributed by atoms with E-state index in [2.05, 4.69) is 20.8 Å². The first kappa shape index (κ1) is 13.0. The number of hydrogen-bond donors (Lipinski definition) is 0. The summed E-state index contributed by atoms with van der Waals surface area (Å²) in [5.41, 5.74) is -0.144. The molecule has 2 aliphatic heterocycles. The van der Waals surface area contributed by atoms with Gasteiger partial charge in [0.1, 0.15) is 5.78 Å². The van der Waals surface area contributed by atoms with E-state index in [9.17, 15) is 4.79 Å². The van der Waals surface area contributed by atoms with Crippen LogP contribution in [0.5, 0.6) is 0 Å². The standard InChI is InChI=1S/C14H24O3/c1-10(2)11(3)13(15)12-4-6-17-14(8-12)5-7-16-9-14/h10-12H,4-9H2,1-3H3. The van der Waals surface area contributed by atoms with Gasteiger partial charge >= 0.3 is 0 Å². The third-order valence-electron chi connectivity index (χ3n) is 4.41. The molecule has 17 heavy (non-hydrogen) atoms. The van der Waals surface area contributed by atoms with E-state index in [1.54, 1.807) is 0 Å². The highest BCUT2D eigenvalue weighted by atomic mass is 16.6. The first-order chi connectivity index (χ1) is 8.04. The van der Waals surface area contributed by atoms with Crippen LogP contribution in [0.1, 0.15) is 40.0 Å². The van der Waals surface area contributed by atoms with Crippen molar-refractivity contribution in [2.75, 3.05) is 19.8 Å². The van der Waals surface area contributed by atoms with Gasteiger partial charge in [0.15, 0.2) is 0 Å². The second kappa shape index (κ2) is 5.07. The highest BCUT2D eigenvalue weighted by Gasteiger charge is 2.43. The van der Waals surface area contributed by atoms with Crippen molar-refractivity contribution in [3.63, 3.8) is 0 Å². The lowest BCUT2D eigenvalue weighted by molar-refractivity contribution is -0.141. The van der Waals surface area contributed by atoms with Crippen molar-refractivity contribution in [3.05, 3.63) is 0 Å². The maximum Gasteiger partial charge on any atom is 0.139 e. The second-order valence-corrected chi connectivity index (χ2v) is 5.96. The van der Waals surface area contributed by atoms with Crippen molar-refractivity contribution in [2.45, 2.75) is 45.6 Å². The fourth-order valence-electron chi connectivity index (χ4n) is 2.83. The molecule has 0 saturated carbocycles. The van der Waals surface area contributed by atoms with E-state index < -0.39 is 0 Å². The molecule has 0 aromatic carbocycles. The minimum Gasteiger partial charge on any atom is -0.378 e. The lowest BCUT2D eigenvalue weighted by Crippen LogP contribution is -2.43. The number of hydrogen-bond acceptors (Lipinski definition) is 3. The van der Waals surface area contributed by atoms with Crippen LogP contribution >= 0.6 is 0 Å². The molecule has 0 aromatic rings. The summed E-state index contributed by atoms with van der Waals surface area (Å²) in [6.07, 6.45) is 2.70. The summed E-state index contributed by atoms with van der Waals surface area (Å²) in [7, 11) is 0. The highest BCUT2D eigenvalue weighted by molar-refractivity contribution is 5.83. The van der Waals surface area contributed by atoms with Crippen molar-refractivity contribution >= 4 is 5.78 Å². The van der Waals surface area contributed by atoms with Crippen molar-refractivity contribution in [1.29, 1.82) is 0 Å². The van der Waals surface area contributed by atoms with Crippen LogP contribution < -0.4 is 0 Å². The summed E-state index contributed by atoms with van der Waals surface area (Å²) in [5.74, 6) is 1.20. The zero-order chi connectivity index (χ0) is 12.5. The Labute approximate surface area is 104 Å². The molecule has 0 aromatic heterocycles.